The van der Waals surface area contributed by atoms with E-state index in [-0.39, 0.29) is 5.92 Å². The molecule has 3 nitrogen and oxygen atoms in total. The van der Waals surface area contributed by atoms with Crippen LogP contribution in [0.1, 0.15) is 25.7 Å². The van der Waals surface area contributed by atoms with E-state index in [1.54, 1.807) is 0 Å². The summed E-state index contributed by atoms with van der Waals surface area (Å²) in [4.78, 5) is 10.6. The lowest BCUT2D eigenvalue weighted by Crippen LogP contribution is -2.29. The quantitative estimate of drug-likeness (QED) is 0.638. The zero-order chi connectivity index (χ0) is 8.27. The fourth-order valence-corrected chi connectivity index (χ4v) is 1.85. The Balaban J connectivity index is 2.46. The van der Waals surface area contributed by atoms with Gasteiger partial charge in [-0.25, -0.2) is 0 Å². The van der Waals surface area contributed by atoms with Crippen LogP contribution >= 0.6 is 0 Å². The van der Waals surface area contributed by atoms with E-state index < -0.39 is 5.97 Å². The van der Waals surface area contributed by atoms with Gasteiger partial charge in [0, 0.05) is 6.54 Å². The van der Waals surface area contributed by atoms with Crippen molar-refractivity contribution in [1.29, 1.82) is 0 Å². The van der Waals surface area contributed by atoms with Crippen LogP contribution in [0.5, 0.6) is 0 Å². The second-order valence-electron chi connectivity index (χ2n) is 3.22. The van der Waals surface area contributed by atoms with Crippen LogP contribution in [0.3, 0.4) is 0 Å². The molecule has 0 bridgehead atoms. The van der Waals surface area contributed by atoms with E-state index in [0.717, 1.165) is 12.8 Å². The van der Waals surface area contributed by atoms with E-state index in [4.69, 9.17) is 10.8 Å². The smallest absolute Gasteiger partial charge is 0.308 e. The second kappa shape index (κ2) is 3.72. The zero-order valence-corrected chi connectivity index (χ0v) is 6.62. The molecule has 11 heavy (non-hydrogen) atoms. The second-order valence-corrected chi connectivity index (χ2v) is 3.22. The fourth-order valence-electron chi connectivity index (χ4n) is 1.85. The summed E-state index contributed by atoms with van der Waals surface area (Å²) in [5.41, 5.74) is 5.37. The summed E-state index contributed by atoms with van der Waals surface area (Å²) in [6.45, 7) is 0.292. The number of hydrogen-bond acceptors (Lipinski definition) is 2. The van der Waals surface area contributed by atoms with Crippen molar-refractivity contribution in [3.8, 4) is 0 Å². The third kappa shape index (κ3) is 1.93. The Labute approximate surface area is 66.6 Å². The fraction of sp³-hybridized carbons (Fsp3) is 0.875. The van der Waals surface area contributed by atoms with E-state index in [9.17, 15) is 4.79 Å². The van der Waals surface area contributed by atoms with Gasteiger partial charge in [-0.15, -0.1) is 0 Å². The minimum Gasteiger partial charge on any atom is -0.481 e. The van der Waals surface area contributed by atoms with Gasteiger partial charge in [0.1, 0.15) is 0 Å². The van der Waals surface area contributed by atoms with Gasteiger partial charge in [-0.2, -0.15) is 0 Å². The van der Waals surface area contributed by atoms with Gasteiger partial charge in [0.25, 0.3) is 0 Å². The average molecular weight is 157 g/mol. The molecule has 0 saturated heterocycles. The lowest BCUT2D eigenvalue weighted by atomic mass is 9.91. The van der Waals surface area contributed by atoms with E-state index in [1.165, 1.54) is 12.8 Å². The largest absolute Gasteiger partial charge is 0.481 e. The summed E-state index contributed by atoms with van der Waals surface area (Å²) in [5, 5.41) is 8.75. The molecular formula is C8H15NO2. The highest BCUT2D eigenvalue weighted by Crippen LogP contribution is 2.30. The molecule has 1 saturated carbocycles. The molecule has 0 aromatic rings. The van der Waals surface area contributed by atoms with E-state index >= 15 is 0 Å². The number of carbonyl (C=O) groups is 1. The van der Waals surface area contributed by atoms with Crippen molar-refractivity contribution in [2.24, 2.45) is 17.6 Å². The molecule has 1 rings (SSSR count). The monoisotopic (exact) mass is 157 g/mol. The van der Waals surface area contributed by atoms with Crippen molar-refractivity contribution in [2.45, 2.75) is 25.7 Å². The minimum absolute atomic E-state index is 0.292. The van der Waals surface area contributed by atoms with Gasteiger partial charge in [-0.1, -0.05) is 12.8 Å². The molecule has 0 aromatic heterocycles. The van der Waals surface area contributed by atoms with Gasteiger partial charge in [0.2, 0.25) is 0 Å². The first-order chi connectivity index (χ1) is 5.25. The van der Waals surface area contributed by atoms with Gasteiger partial charge in [0.05, 0.1) is 5.92 Å². The van der Waals surface area contributed by atoms with E-state index in [0.29, 0.717) is 12.5 Å². The Kier molecular flexibility index (Phi) is 2.88. The van der Waals surface area contributed by atoms with Crippen LogP contribution < -0.4 is 5.73 Å². The Hall–Kier alpha value is -0.570. The Morgan fingerprint density at radius 2 is 2.09 bits per heavy atom. The summed E-state index contributed by atoms with van der Waals surface area (Å²) < 4.78 is 0. The summed E-state index contributed by atoms with van der Waals surface area (Å²) >= 11 is 0. The van der Waals surface area contributed by atoms with Gasteiger partial charge in [0.15, 0.2) is 0 Å². The van der Waals surface area contributed by atoms with E-state index in [1.807, 2.05) is 0 Å². The predicted molar refractivity (Wildman–Crippen MR) is 42.1 cm³/mol. The highest BCUT2D eigenvalue weighted by atomic mass is 16.4. The van der Waals surface area contributed by atoms with Gasteiger partial charge in [-0.05, 0) is 18.8 Å². The normalized spacial score (nSPS) is 21.9. The van der Waals surface area contributed by atoms with Crippen molar-refractivity contribution in [2.75, 3.05) is 6.54 Å². The molecule has 0 amide bonds. The Morgan fingerprint density at radius 3 is 2.45 bits per heavy atom. The summed E-state index contributed by atoms with van der Waals surface area (Å²) in [7, 11) is 0. The van der Waals surface area contributed by atoms with Gasteiger partial charge >= 0.3 is 5.97 Å². The maximum Gasteiger partial charge on any atom is 0.308 e. The molecule has 0 spiro atoms. The van der Waals surface area contributed by atoms with Crippen molar-refractivity contribution in [1.82, 2.24) is 0 Å². The third-order valence-corrected chi connectivity index (χ3v) is 2.54. The molecular weight excluding hydrogens is 142 g/mol. The Bertz CT molecular complexity index is 141. The first-order valence-corrected chi connectivity index (χ1v) is 4.18. The predicted octanol–water partition coefficient (Wildman–Crippen LogP) is 0.836. The minimum atomic E-state index is -0.723. The summed E-state index contributed by atoms with van der Waals surface area (Å²) in [6.07, 6.45) is 4.45. The molecule has 3 heteroatoms. The summed E-state index contributed by atoms with van der Waals surface area (Å²) in [6, 6.07) is 0. The lowest BCUT2D eigenvalue weighted by molar-refractivity contribution is -0.143. The zero-order valence-electron chi connectivity index (χ0n) is 6.62. The molecule has 0 aromatic carbocycles. The van der Waals surface area contributed by atoms with Gasteiger partial charge in [-0.3, -0.25) is 4.79 Å². The third-order valence-electron chi connectivity index (χ3n) is 2.54. The van der Waals surface area contributed by atoms with Crippen LogP contribution in [0.2, 0.25) is 0 Å². The van der Waals surface area contributed by atoms with Crippen LogP contribution in [-0.2, 0) is 4.79 Å². The number of nitrogens with two attached hydrogens (primary N) is 1. The van der Waals surface area contributed by atoms with Crippen molar-refractivity contribution < 1.29 is 9.90 Å². The van der Waals surface area contributed by atoms with Crippen molar-refractivity contribution >= 4 is 5.97 Å². The standard InChI is InChI=1S/C8H15NO2/c9-5-7(8(10)11)6-3-1-2-4-6/h6-7H,1-5,9H2,(H,10,11)/t7-/m0/s1. The molecule has 0 radical (unpaired) electrons. The highest BCUT2D eigenvalue weighted by molar-refractivity contribution is 5.70. The molecule has 64 valence electrons. The maximum absolute atomic E-state index is 10.6. The number of hydrogen-bond donors (Lipinski definition) is 2. The topological polar surface area (TPSA) is 63.3 Å². The van der Waals surface area contributed by atoms with E-state index in [2.05, 4.69) is 0 Å². The number of carboxylic acid groups (broad SMARTS) is 1. The highest BCUT2D eigenvalue weighted by Gasteiger charge is 2.28. The SMILES string of the molecule is NC[C@H](C(=O)O)C1CCCC1. The molecule has 1 aliphatic carbocycles. The maximum atomic E-state index is 10.6. The molecule has 1 aliphatic rings. The summed E-state index contributed by atoms with van der Waals surface area (Å²) in [5.74, 6) is -0.672. The number of carboxylic acids is 1. The van der Waals surface area contributed by atoms with Crippen LogP contribution in [-0.4, -0.2) is 17.6 Å². The van der Waals surface area contributed by atoms with Crippen LogP contribution in [0.25, 0.3) is 0 Å². The molecule has 0 unspecified atom stereocenters. The Morgan fingerprint density at radius 1 is 1.55 bits per heavy atom. The van der Waals surface area contributed by atoms with Crippen LogP contribution in [0, 0.1) is 11.8 Å². The van der Waals surface area contributed by atoms with Crippen LogP contribution in [0.4, 0.5) is 0 Å². The number of aliphatic carboxylic acids is 1. The molecule has 1 atom stereocenters. The first-order valence-electron chi connectivity index (χ1n) is 4.18. The molecule has 1 fully saturated rings. The van der Waals surface area contributed by atoms with Crippen LogP contribution in [0.15, 0.2) is 0 Å². The lowest BCUT2D eigenvalue weighted by Gasteiger charge is -2.16. The molecule has 0 heterocycles. The van der Waals surface area contributed by atoms with Crippen molar-refractivity contribution in [3.63, 3.8) is 0 Å². The van der Waals surface area contributed by atoms with Gasteiger partial charge < -0.3 is 10.8 Å². The van der Waals surface area contributed by atoms with Crippen molar-refractivity contribution in [3.05, 3.63) is 0 Å². The first kappa shape index (κ1) is 8.53. The molecule has 3 N–H and O–H groups in total. The average Bonchev–Trinajstić information content (AvgIpc) is 2.40. The number of rotatable bonds is 3. The molecule has 0 aliphatic heterocycles.